The predicted molar refractivity (Wildman–Crippen MR) is 79.5 cm³/mol. The van der Waals surface area contributed by atoms with Gasteiger partial charge in [0.15, 0.2) is 0 Å². The van der Waals surface area contributed by atoms with Crippen molar-refractivity contribution in [3.05, 3.63) is 29.8 Å². The molecule has 0 bridgehead atoms. The molecule has 1 N–H and O–H groups in total. The lowest BCUT2D eigenvalue weighted by atomic mass is 10.2. The lowest BCUT2D eigenvalue weighted by Crippen LogP contribution is -2.37. The van der Waals surface area contributed by atoms with Crippen LogP contribution >= 0.6 is 11.8 Å². The monoisotopic (exact) mass is 308 g/mol. The molecule has 0 saturated carbocycles. The van der Waals surface area contributed by atoms with Crippen LogP contribution in [0.3, 0.4) is 0 Å². The van der Waals surface area contributed by atoms with Gasteiger partial charge in [0, 0.05) is 18.7 Å². The molecule has 0 spiro atoms. The maximum Gasteiger partial charge on any atom is 0.288 e. The summed E-state index contributed by atoms with van der Waals surface area (Å²) in [6.45, 7) is 2.83. The molecule has 0 radical (unpaired) electrons. The normalized spacial score (nSPS) is 14.4. The third kappa shape index (κ3) is 3.98. The van der Waals surface area contributed by atoms with Crippen molar-refractivity contribution in [1.82, 2.24) is 10.2 Å². The third-order valence-corrected chi connectivity index (χ3v) is 3.73. The lowest BCUT2D eigenvalue weighted by Gasteiger charge is -2.13. The van der Waals surface area contributed by atoms with Crippen molar-refractivity contribution in [2.24, 2.45) is 0 Å². The molecular weight excluding hydrogens is 292 g/mol. The van der Waals surface area contributed by atoms with Crippen LogP contribution < -0.4 is 10.1 Å². The smallest absolute Gasteiger partial charge is 0.288 e. The van der Waals surface area contributed by atoms with E-state index in [1.54, 1.807) is 24.3 Å². The second-order valence-electron chi connectivity index (χ2n) is 4.32. The molecule has 1 saturated heterocycles. The number of ether oxygens (including phenoxy) is 1. The molecule has 21 heavy (non-hydrogen) atoms. The minimum atomic E-state index is -0.261. The number of rotatable bonds is 6. The number of thioether (sulfide) groups is 1. The summed E-state index contributed by atoms with van der Waals surface area (Å²) < 4.78 is 5.33. The second-order valence-corrected chi connectivity index (χ2v) is 5.24. The van der Waals surface area contributed by atoms with Crippen LogP contribution in [0.5, 0.6) is 5.75 Å². The van der Waals surface area contributed by atoms with E-state index in [0.717, 1.165) is 16.7 Å². The fraction of sp³-hybridized carbons (Fsp3) is 0.357. The Balaban J connectivity index is 1.85. The maximum atomic E-state index is 12.0. The molecule has 0 aromatic heterocycles. The summed E-state index contributed by atoms with van der Waals surface area (Å²) in [5.41, 5.74) is 0.481. The van der Waals surface area contributed by atoms with Crippen LogP contribution in [0.4, 0.5) is 4.79 Å². The first-order chi connectivity index (χ1) is 10.1. The third-order valence-electron chi connectivity index (χ3n) is 2.87. The van der Waals surface area contributed by atoms with Gasteiger partial charge >= 0.3 is 0 Å². The molecule has 0 atom stereocenters. The Morgan fingerprint density at radius 1 is 1.43 bits per heavy atom. The zero-order valence-corrected chi connectivity index (χ0v) is 12.4. The molecule has 112 valence electrons. The van der Waals surface area contributed by atoms with Gasteiger partial charge in [-0.2, -0.15) is 0 Å². The van der Waals surface area contributed by atoms with Gasteiger partial charge < -0.3 is 10.1 Å². The zero-order valence-electron chi connectivity index (χ0n) is 11.6. The number of hydrogen-bond acceptors (Lipinski definition) is 5. The van der Waals surface area contributed by atoms with Crippen LogP contribution in [0, 0.1) is 0 Å². The molecule has 1 fully saturated rings. The van der Waals surface area contributed by atoms with E-state index in [9.17, 15) is 14.4 Å². The number of carbonyl (C=O) groups excluding carboxylic acids is 3. The Bertz CT molecular complexity index is 546. The van der Waals surface area contributed by atoms with Crippen LogP contribution in [0.15, 0.2) is 24.3 Å². The second kappa shape index (κ2) is 7.12. The average Bonchev–Trinajstić information content (AvgIpc) is 2.79. The highest BCUT2D eigenvalue weighted by Crippen LogP contribution is 2.17. The van der Waals surface area contributed by atoms with Gasteiger partial charge in [-0.3, -0.25) is 19.3 Å². The van der Waals surface area contributed by atoms with E-state index in [4.69, 9.17) is 4.74 Å². The first kappa shape index (κ1) is 15.4. The summed E-state index contributed by atoms with van der Waals surface area (Å²) in [6, 6.07) is 6.85. The van der Waals surface area contributed by atoms with Gasteiger partial charge in [-0.05, 0) is 25.1 Å². The Morgan fingerprint density at radius 3 is 2.90 bits per heavy atom. The van der Waals surface area contributed by atoms with Crippen LogP contribution in [0.25, 0.3) is 0 Å². The van der Waals surface area contributed by atoms with E-state index >= 15 is 0 Å². The van der Waals surface area contributed by atoms with Crippen molar-refractivity contribution >= 4 is 28.8 Å². The Kier molecular flexibility index (Phi) is 5.21. The maximum absolute atomic E-state index is 12.0. The van der Waals surface area contributed by atoms with Crippen molar-refractivity contribution in [2.45, 2.75) is 6.92 Å². The largest absolute Gasteiger partial charge is 0.494 e. The predicted octanol–water partition coefficient (Wildman–Crippen LogP) is 1.51. The molecule has 0 unspecified atom stereocenters. The van der Waals surface area contributed by atoms with Crippen LogP contribution in [0.2, 0.25) is 0 Å². The van der Waals surface area contributed by atoms with E-state index in [1.807, 2.05) is 6.92 Å². The summed E-state index contributed by atoms with van der Waals surface area (Å²) in [5.74, 6) is 0.343. The number of carbonyl (C=O) groups is 3. The minimum Gasteiger partial charge on any atom is -0.494 e. The van der Waals surface area contributed by atoms with E-state index in [-0.39, 0.29) is 35.9 Å². The molecule has 1 aliphatic heterocycles. The number of imide groups is 1. The van der Waals surface area contributed by atoms with Crippen LogP contribution in [0.1, 0.15) is 17.3 Å². The van der Waals surface area contributed by atoms with Crippen molar-refractivity contribution in [3.8, 4) is 5.75 Å². The highest BCUT2D eigenvalue weighted by atomic mass is 32.2. The summed E-state index contributed by atoms with van der Waals surface area (Å²) >= 11 is 0.984. The quantitative estimate of drug-likeness (QED) is 0.862. The van der Waals surface area contributed by atoms with Crippen molar-refractivity contribution in [1.29, 1.82) is 0 Å². The fourth-order valence-electron chi connectivity index (χ4n) is 1.87. The van der Waals surface area contributed by atoms with E-state index in [2.05, 4.69) is 5.32 Å². The van der Waals surface area contributed by atoms with Crippen LogP contribution in [-0.4, -0.2) is 47.4 Å². The van der Waals surface area contributed by atoms with E-state index < -0.39 is 0 Å². The minimum absolute atomic E-state index is 0.184. The van der Waals surface area contributed by atoms with Gasteiger partial charge in [-0.25, -0.2) is 0 Å². The number of benzene rings is 1. The standard InChI is InChI=1S/C14H16N2O4S/c1-2-20-11-5-3-4-10(8-11)13(18)15-6-7-16-12(17)9-21-14(16)19/h3-5,8H,2,6-7,9H2,1H3,(H,15,18). The van der Waals surface area contributed by atoms with Crippen LogP contribution in [-0.2, 0) is 4.79 Å². The van der Waals surface area contributed by atoms with Crippen molar-refractivity contribution < 1.29 is 19.1 Å². The summed E-state index contributed by atoms with van der Waals surface area (Å²) in [5, 5.41) is 2.43. The SMILES string of the molecule is CCOc1cccc(C(=O)NCCN2C(=O)CSC2=O)c1. The Hall–Kier alpha value is -2.02. The summed E-state index contributed by atoms with van der Waals surface area (Å²) in [6.07, 6.45) is 0. The molecule has 7 heteroatoms. The highest BCUT2D eigenvalue weighted by molar-refractivity contribution is 8.14. The Labute approximate surface area is 126 Å². The van der Waals surface area contributed by atoms with E-state index in [0.29, 0.717) is 17.9 Å². The Morgan fingerprint density at radius 2 is 2.24 bits per heavy atom. The van der Waals surface area contributed by atoms with Gasteiger partial charge in [-0.1, -0.05) is 17.8 Å². The van der Waals surface area contributed by atoms with Crippen molar-refractivity contribution in [3.63, 3.8) is 0 Å². The molecule has 6 nitrogen and oxygen atoms in total. The molecule has 1 heterocycles. The first-order valence-electron chi connectivity index (χ1n) is 6.60. The van der Waals surface area contributed by atoms with Gasteiger partial charge in [0.1, 0.15) is 5.75 Å². The van der Waals surface area contributed by atoms with E-state index in [1.165, 1.54) is 0 Å². The summed E-state index contributed by atoms with van der Waals surface area (Å²) in [7, 11) is 0. The molecule has 0 aliphatic carbocycles. The average molecular weight is 308 g/mol. The van der Waals surface area contributed by atoms with Gasteiger partial charge in [0.25, 0.3) is 11.1 Å². The first-order valence-corrected chi connectivity index (χ1v) is 7.58. The molecular formula is C14H16N2O4S. The molecule has 1 aromatic rings. The zero-order chi connectivity index (χ0) is 15.2. The highest BCUT2D eigenvalue weighted by Gasteiger charge is 2.29. The lowest BCUT2D eigenvalue weighted by molar-refractivity contribution is -0.124. The molecule has 1 aromatic carbocycles. The molecule has 1 aliphatic rings. The van der Waals surface area contributed by atoms with Gasteiger partial charge in [0.2, 0.25) is 5.91 Å². The number of nitrogens with zero attached hydrogens (tertiary/aromatic N) is 1. The number of nitrogens with one attached hydrogen (secondary N) is 1. The number of hydrogen-bond donors (Lipinski definition) is 1. The van der Waals surface area contributed by atoms with Crippen molar-refractivity contribution in [2.75, 3.05) is 25.4 Å². The van der Waals surface area contributed by atoms with Gasteiger partial charge in [-0.15, -0.1) is 0 Å². The molecule has 2 rings (SSSR count). The number of amides is 3. The molecule has 3 amide bonds. The van der Waals surface area contributed by atoms with Gasteiger partial charge in [0.05, 0.1) is 12.4 Å². The fourth-order valence-corrected chi connectivity index (χ4v) is 2.63. The topological polar surface area (TPSA) is 75.7 Å². The summed E-state index contributed by atoms with van der Waals surface area (Å²) in [4.78, 5) is 35.9.